The number of hydrogen-bond donors (Lipinski definition) is 1. The number of rotatable bonds is 8. The van der Waals surface area contributed by atoms with Gasteiger partial charge in [0.15, 0.2) is 0 Å². The van der Waals surface area contributed by atoms with Crippen molar-refractivity contribution in [3.8, 4) is 0 Å². The van der Waals surface area contributed by atoms with Crippen molar-refractivity contribution in [2.75, 3.05) is 19.8 Å². The second-order valence-electron chi connectivity index (χ2n) is 4.34. The highest BCUT2D eigenvalue weighted by atomic mass is 16.5. The minimum Gasteiger partial charge on any atom is -0.382 e. The molecule has 1 N–H and O–H groups in total. The first-order valence-electron chi connectivity index (χ1n) is 5.49. The van der Waals surface area contributed by atoms with E-state index in [1.165, 1.54) is 0 Å². The third-order valence-corrected chi connectivity index (χ3v) is 2.43. The Balaban J connectivity index is 3.85. The predicted molar refractivity (Wildman–Crippen MR) is 62.6 cm³/mol. The molecular formula is C12H25NO. The van der Waals surface area contributed by atoms with E-state index in [4.69, 9.17) is 4.74 Å². The molecule has 2 nitrogen and oxygen atoms in total. The van der Waals surface area contributed by atoms with Gasteiger partial charge in [0.05, 0.1) is 0 Å². The smallest absolute Gasteiger partial charge is 0.0474 e. The molecule has 0 rings (SSSR count). The Morgan fingerprint density at radius 1 is 1.50 bits per heavy atom. The normalized spacial score (nSPS) is 15.5. The van der Waals surface area contributed by atoms with Gasteiger partial charge in [-0.05, 0) is 18.8 Å². The summed E-state index contributed by atoms with van der Waals surface area (Å²) in [4.78, 5) is 0. The Kier molecular flexibility index (Phi) is 6.85. The fourth-order valence-corrected chi connectivity index (χ4v) is 1.15. The van der Waals surface area contributed by atoms with Crippen LogP contribution in [-0.2, 0) is 4.74 Å². The average molecular weight is 199 g/mol. The molecule has 14 heavy (non-hydrogen) atoms. The van der Waals surface area contributed by atoms with E-state index in [1.54, 1.807) is 0 Å². The van der Waals surface area contributed by atoms with Crippen molar-refractivity contribution in [1.82, 2.24) is 5.32 Å². The van der Waals surface area contributed by atoms with Crippen molar-refractivity contribution in [1.29, 1.82) is 0 Å². The molecule has 0 aliphatic rings. The van der Waals surface area contributed by atoms with Crippen molar-refractivity contribution in [3.05, 3.63) is 12.7 Å². The van der Waals surface area contributed by atoms with Gasteiger partial charge in [-0.25, -0.2) is 0 Å². The van der Waals surface area contributed by atoms with Crippen LogP contribution in [0.3, 0.4) is 0 Å². The summed E-state index contributed by atoms with van der Waals surface area (Å²) < 4.78 is 5.36. The zero-order chi connectivity index (χ0) is 11.0. The molecule has 0 aromatic carbocycles. The van der Waals surface area contributed by atoms with E-state index in [2.05, 4.69) is 32.7 Å². The molecule has 0 aliphatic carbocycles. The maximum absolute atomic E-state index is 5.36. The Morgan fingerprint density at radius 2 is 2.14 bits per heavy atom. The largest absolute Gasteiger partial charge is 0.382 e. The molecule has 0 saturated carbocycles. The first-order chi connectivity index (χ1) is 6.54. The lowest BCUT2D eigenvalue weighted by molar-refractivity contribution is 0.120. The van der Waals surface area contributed by atoms with Crippen LogP contribution in [0.25, 0.3) is 0 Å². The number of nitrogens with one attached hydrogen (secondary N) is 1. The monoisotopic (exact) mass is 199 g/mol. The quantitative estimate of drug-likeness (QED) is 0.479. The molecule has 1 atom stereocenters. The van der Waals surface area contributed by atoms with E-state index in [0.29, 0.717) is 6.04 Å². The van der Waals surface area contributed by atoms with Crippen LogP contribution in [0.2, 0.25) is 0 Å². The summed E-state index contributed by atoms with van der Waals surface area (Å²) in [6.45, 7) is 15.0. The summed E-state index contributed by atoms with van der Waals surface area (Å²) in [5, 5.41) is 3.44. The maximum Gasteiger partial charge on any atom is 0.0474 e. The zero-order valence-electron chi connectivity index (χ0n) is 10.1. The summed E-state index contributed by atoms with van der Waals surface area (Å²) in [5.41, 5.74) is 0.152. The topological polar surface area (TPSA) is 21.3 Å². The predicted octanol–water partition coefficient (Wildman–Crippen LogP) is 2.60. The third-order valence-electron chi connectivity index (χ3n) is 2.43. The molecule has 0 heterocycles. The van der Waals surface area contributed by atoms with Gasteiger partial charge in [0, 0.05) is 25.8 Å². The first-order valence-corrected chi connectivity index (χ1v) is 5.49. The Hall–Kier alpha value is -0.340. The zero-order valence-corrected chi connectivity index (χ0v) is 10.1. The van der Waals surface area contributed by atoms with Gasteiger partial charge in [0.25, 0.3) is 0 Å². The molecule has 2 heteroatoms. The van der Waals surface area contributed by atoms with E-state index in [9.17, 15) is 0 Å². The summed E-state index contributed by atoms with van der Waals surface area (Å²) in [5.74, 6) is 0. The highest BCUT2D eigenvalue weighted by Gasteiger charge is 2.19. The van der Waals surface area contributed by atoms with E-state index in [-0.39, 0.29) is 5.41 Å². The Labute approximate surface area is 88.7 Å². The molecule has 84 valence electrons. The standard InChI is InChI=1S/C12H25NO/c1-6-12(5,8-9-14-7-2)10-13-11(3)4/h6,11,13H,1,7-10H2,2-5H3. The van der Waals surface area contributed by atoms with Crippen LogP contribution >= 0.6 is 0 Å². The minimum atomic E-state index is 0.152. The second kappa shape index (κ2) is 7.02. The minimum absolute atomic E-state index is 0.152. The highest BCUT2D eigenvalue weighted by molar-refractivity contribution is 4.93. The van der Waals surface area contributed by atoms with Crippen LogP contribution in [0.15, 0.2) is 12.7 Å². The lowest BCUT2D eigenvalue weighted by Gasteiger charge is -2.27. The van der Waals surface area contributed by atoms with E-state index in [1.807, 2.05) is 13.0 Å². The lowest BCUT2D eigenvalue weighted by Crippen LogP contribution is -2.35. The van der Waals surface area contributed by atoms with Crippen LogP contribution in [0.1, 0.15) is 34.1 Å². The molecule has 0 spiro atoms. The molecule has 0 fully saturated rings. The molecular weight excluding hydrogens is 174 g/mol. The van der Waals surface area contributed by atoms with Gasteiger partial charge < -0.3 is 10.1 Å². The summed E-state index contributed by atoms with van der Waals surface area (Å²) in [7, 11) is 0. The molecule has 0 aromatic rings. The van der Waals surface area contributed by atoms with Crippen LogP contribution in [0, 0.1) is 5.41 Å². The van der Waals surface area contributed by atoms with E-state index in [0.717, 1.165) is 26.2 Å². The van der Waals surface area contributed by atoms with Gasteiger partial charge in [-0.1, -0.05) is 26.8 Å². The third kappa shape index (κ3) is 6.17. The molecule has 0 aliphatic heterocycles. The summed E-state index contributed by atoms with van der Waals surface area (Å²) in [6.07, 6.45) is 3.06. The van der Waals surface area contributed by atoms with Crippen molar-refractivity contribution in [3.63, 3.8) is 0 Å². The fraction of sp³-hybridized carbons (Fsp3) is 0.833. The molecule has 0 radical (unpaired) electrons. The Bertz CT molecular complexity index is 156. The van der Waals surface area contributed by atoms with Gasteiger partial charge in [-0.2, -0.15) is 0 Å². The van der Waals surface area contributed by atoms with E-state index < -0.39 is 0 Å². The Morgan fingerprint density at radius 3 is 2.57 bits per heavy atom. The van der Waals surface area contributed by atoms with Gasteiger partial charge >= 0.3 is 0 Å². The number of ether oxygens (including phenoxy) is 1. The van der Waals surface area contributed by atoms with Crippen LogP contribution in [0.5, 0.6) is 0 Å². The van der Waals surface area contributed by atoms with E-state index >= 15 is 0 Å². The van der Waals surface area contributed by atoms with Gasteiger partial charge in [-0.3, -0.25) is 0 Å². The maximum atomic E-state index is 5.36. The fourth-order valence-electron chi connectivity index (χ4n) is 1.15. The highest BCUT2D eigenvalue weighted by Crippen LogP contribution is 2.21. The molecule has 0 bridgehead atoms. The number of hydrogen-bond acceptors (Lipinski definition) is 2. The second-order valence-corrected chi connectivity index (χ2v) is 4.34. The summed E-state index contributed by atoms with van der Waals surface area (Å²) in [6, 6.07) is 0.529. The van der Waals surface area contributed by atoms with Crippen molar-refractivity contribution < 1.29 is 4.74 Å². The first kappa shape index (κ1) is 13.7. The van der Waals surface area contributed by atoms with Gasteiger partial charge in [0.1, 0.15) is 0 Å². The molecule has 1 unspecified atom stereocenters. The summed E-state index contributed by atoms with van der Waals surface area (Å²) >= 11 is 0. The van der Waals surface area contributed by atoms with Crippen molar-refractivity contribution in [2.24, 2.45) is 5.41 Å². The lowest BCUT2D eigenvalue weighted by atomic mass is 9.87. The molecule has 0 amide bonds. The van der Waals surface area contributed by atoms with Crippen LogP contribution in [0.4, 0.5) is 0 Å². The SMILES string of the molecule is C=CC(C)(CCOCC)CNC(C)C. The van der Waals surface area contributed by atoms with Crippen LogP contribution in [-0.4, -0.2) is 25.8 Å². The molecule has 0 saturated heterocycles. The van der Waals surface area contributed by atoms with Crippen molar-refractivity contribution in [2.45, 2.75) is 40.2 Å². The van der Waals surface area contributed by atoms with Crippen LogP contribution < -0.4 is 5.32 Å². The van der Waals surface area contributed by atoms with Gasteiger partial charge in [-0.15, -0.1) is 6.58 Å². The van der Waals surface area contributed by atoms with Crippen molar-refractivity contribution >= 4 is 0 Å². The molecule has 0 aromatic heterocycles. The average Bonchev–Trinajstić information content (AvgIpc) is 2.15. The van der Waals surface area contributed by atoms with Gasteiger partial charge in [0.2, 0.25) is 0 Å².